The molecule has 1 atom stereocenters. The van der Waals surface area contributed by atoms with Gasteiger partial charge in [-0.15, -0.1) is 0 Å². The Hall–Kier alpha value is -1.68. The van der Waals surface area contributed by atoms with E-state index in [0.29, 0.717) is 6.42 Å². The van der Waals surface area contributed by atoms with Crippen LogP contribution in [0.4, 0.5) is 0 Å². The van der Waals surface area contributed by atoms with Crippen molar-refractivity contribution in [3.05, 3.63) is 47.5 Å². The molecule has 0 aliphatic carbocycles. The molecule has 1 N–H and O–H groups in total. The third kappa shape index (κ3) is 3.89. The maximum absolute atomic E-state index is 10.1. The smallest absolute Gasteiger partial charge is 0.0624 e. The summed E-state index contributed by atoms with van der Waals surface area (Å²) >= 11 is 0. The van der Waals surface area contributed by atoms with Gasteiger partial charge in [0.05, 0.1) is 11.8 Å². The van der Waals surface area contributed by atoms with E-state index in [1.807, 2.05) is 23.9 Å². The van der Waals surface area contributed by atoms with Crippen molar-refractivity contribution in [1.82, 2.24) is 14.8 Å². The van der Waals surface area contributed by atoms with Gasteiger partial charge >= 0.3 is 0 Å². The maximum atomic E-state index is 10.1. The van der Waals surface area contributed by atoms with Gasteiger partial charge in [0.25, 0.3) is 0 Å². The number of aryl methyl sites for hydroxylation is 3. The topological polar surface area (TPSA) is 50.9 Å². The van der Waals surface area contributed by atoms with Crippen LogP contribution in [0.15, 0.2) is 30.6 Å². The highest BCUT2D eigenvalue weighted by atomic mass is 16.3. The normalized spacial score (nSPS) is 12.6. The van der Waals surface area contributed by atoms with E-state index in [9.17, 15) is 5.11 Å². The van der Waals surface area contributed by atoms with Crippen molar-refractivity contribution in [3.8, 4) is 0 Å². The van der Waals surface area contributed by atoms with E-state index in [1.165, 1.54) is 5.56 Å². The van der Waals surface area contributed by atoms with Crippen LogP contribution < -0.4 is 0 Å². The van der Waals surface area contributed by atoms with E-state index in [4.69, 9.17) is 0 Å². The molecule has 0 saturated heterocycles. The van der Waals surface area contributed by atoms with E-state index in [-0.39, 0.29) is 6.10 Å². The third-order valence-electron chi connectivity index (χ3n) is 3.35. The Kier molecular flexibility index (Phi) is 4.68. The molecule has 0 saturated carbocycles. The Morgan fingerprint density at radius 1 is 1.32 bits per heavy atom. The number of aromatic nitrogens is 3. The van der Waals surface area contributed by atoms with Crippen molar-refractivity contribution in [2.24, 2.45) is 7.05 Å². The van der Waals surface area contributed by atoms with Gasteiger partial charge in [0.1, 0.15) is 0 Å². The van der Waals surface area contributed by atoms with E-state index in [2.05, 4.69) is 23.1 Å². The number of hydrogen-bond donors (Lipinski definition) is 1. The zero-order valence-corrected chi connectivity index (χ0v) is 11.6. The highest BCUT2D eigenvalue weighted by molar-refractivity contribution is 5.12. The highest BCUT2D eigenvalue weighted by Gasteiger charge is 2.10. The standard InChI is InChI=1S/C15H21N3O/c1-3-13-10-14(18(2)17-13)11-15(19)5-4-12-6-8-16-9-7-12/h6-10,15,19H,3-5,11H2,1-2H3. The lowest BCUT2D eigenvalue weighted by molar-refractivity contribution is 0.162. The van der Waals surface area contributed by atoms with Crippen LogP contribution in [0.5, 0.6) is 0 Å². The van der Waals surface area contributed by atoms with Crippen LogP contribution in [0.25, 0.3) is 0 Å². The summed E-state index contributed by atoms with van der Waals surface area (Å²) in [5.74, 6) is 0. The first-order valence-electron chi connectivity index (χ1n) is 6.77. The molecule has 2 rings (SSSR count). The quantitative estimate of drug-likeness (QED) is 0.862. The second kappa shape index (κ2) is 6.48. The first-order chi connectivity index (χ1) is 9.19. The maximum Gasteiger partial charge on any atom is 0.0624 e. The van der Waals surface area contributed by atoms with Gasteiger partial charge in [0.15, 0.2) is 0 Å². The average Bonchev–Trinajstić information content (AvgIpc) is 2.78. The number of pyridine rings is 1. The lowest BCUT2D eigenvalue weighted by Gasteiger charge is -2.10. The average molecular weight is 259 g/mol. The minimum atomic E-state index is -0.326. The van der Waals surface area contributed by atoms with E-state index < -0.39 is 0 Å². The van der Waals surface area contributed by atoms with Gasteiger partial charge in [-0.25, -0.2) is 0 Å². The molecule has 2 heterocycles. The van der Waals surface area contributed by atoms with Crippen molar-refractivity contribution >= 4 is 0 Å². The van der Waals surface area contributed by atoms with Crippen LogP contribution >= 0.6 is 0 Å². The summed E-state index contributed by atoms with van der Waals surface area (Å²) in [5.41, 5.74) is 3.39. The first kappa shape index (κ1) is 13.7. The molecule has 0 bridgehead atoms. The lowest BCUT2D eigenvalue weighted by Crippen LogP contribution is -2.14. The largest absolute Gasteiger partial charge is 0.393 e. The van der Waals surface area contributed by atoms with Gasteiger partial charge in [-0.05, 0) is 43.0 Å². The van der Waals surface area contributed by atoms with Crippen molar-refractivity contribution in [3.63, 3.8) is 0 Å². The molecule has 0 aliphatic heterocycles. The summed E-state index contributed by atoms with van der Waals surface area (Å²) < 4.78 is 1.87. The number of aliphatic hydroxyl groups is 1. The molecule has 0 fully saturated rings. The first-order valence-corrected chi connectivity index (χ1v) is 6.77. The second-order valence-corrected chi connectivity index (χ2v) is 4.86. The lowest BCUT2D eigenvalue weighted by atomic mass is 10.0. The highest BCUT2D eigenvalue weighted by Crippen LogP contribution is 2.11. The minimum absolute atomic E-state index is 0.326. The summed E-state index contributed by atoms with van der Waals surface area (Å²) in [6.45, 7) is 2.09. The molecule has 2 aromatic rings. The molecule has 102 valence electrons. The SMILES string of the molecule is CCc1cc(CC(O)CCc2ccncc2)n(C)n1. The van der Waals surface area contributed by atoms with Gasteiger partial charge in [0.2, 0.25) is 0 Å². The van der Waals surface area contributed by atoms with Gasteiger partial charge < -0.3 is 5.11 Å². The van der Waals surface area contributed by atoms with Crippen molar-refractivity contribution in [2.45, 2.75) is 38.7 Å². The Balaban J connectivity index is 1.87. The molecular weight excluding hydrogens is 238 g/mol. The summed E-state index contributed by atoms with van der Waals surface area (Å²) in [6, 6.07) is 6.06. The zero-order valence-electron chi connectivity index (χ0n) is 11.6. The molecule has 0 amide bonds. The number of rotatable bonds is 6. The van der Waals surface area contributed by atoms with Crippen LogP contribution in [0.1, 0.15) is 30.3 Å². The molecule has 19 heavy (non-hydrogen) atoms. The van der Waals surface area contributed by atoms with E-state index in [1.54, 1.807) is 12.4 Å². The van der Waals surface area contributed by atoms with Gasteiger partial charge in [-0.1, -0.05) is 6.92 Å². The van der Waals surface area contributed by atoms with Crippen LogP contribution in [-0.4, -0.2) is 26.0 Å². The molecule has 1 unspecified atom stereocenters. The monoisotopic (exact) mass is 259 g/mol. The molecule has 0 radical (unpaired) electrons. The fourth-order valence-electron chi connectivity index (χ4n) is 2.16. The molecule has 4 heteroatoms. The fraction of sp³-hybridized carbons (Fsp3) is 0.467. The Morgan fingerprint density at radius 2 is 2.05 bits per heavy atom. The van der Waals surface area contributed by atoms with Gasteiger partial charge in [-0.3, -0.25) is 9.67 Å². The predicted molar refractivity (Wildman–Crippen MR) is 74.9 cm³/mol. The molecule has 0 aromatic carbocycles. The van der Waals surface area contributed by atoms with Crippen molar-refractivity contribution in [2.75, 3.05) is 0 Å². The second-order valence-electron chi connectivity index (χ2n) is 4.86. The molecular formula is C15H21N3O. The fourth-order valence-corrected chi connectivity index (χ4v) is 2.16. The number of aliphatic hydroxyl groups excluding tert-OH is 1. The predicted octanol–water partition coefficient (Wildman–Crippen LogP) is 1.91. The Bertz CT molecular complexity index is 507. The molecule has 0 aliphatic rings. The molecule has 2 aromatic heterocycles. The van der Waals surface area contributed by atoms with Crippen molar-refractivity contribution < 1.29 is 5.11 Å². The Labute approximate surface area is 114 Å². The summed E-state index contributed by atoms with van der Waals surface area (Å²) in [6.07, 6.45) is 6.48. The summed E-state index contributed by atoms with van der Waals surface area (Å²) in [7, 11) is 1.93. The van der Waals surface area contributed by atoms with Gasteiger partial charge in [-0.2, -0.15) is 5.10 Å². The van der Waals surface area contributed by atoms with Crippen LogP contribution in [0.3, 0.4) is 0 Å². The number of hydrogen-bond acceptors (Lipinski definition) is 3. The number of nitrogens with zero attached hydrogens (tertiary/aromatic N) is 3. The zero-order chi connectivity index (χ0) is 13.7. The molecule has 4 nitrogen and oxygen atoms in total. The van der Waals surface area contributed by atoms with E-state index >= 15 is 0 Å². The summed E-state index contributed by atoms with van der Waals surface area (Å²) in [4.78, 5) is 3.99. The summed E-state index contributed by atoms with van der Waals surface area (Å²) in [5, 5.41) is 14.5. The minimum Gasteiger partial charge on any atom is -0.393 e. The molecule has 0 spiro atoms. The van der Waals surface area contributed by atoms with Crippen LogP contribution in [0.2, 0.25) is 0 Å². The third-order valence-corrected chi connectivity index (χ3v) is 3.35. The van der Waals surface area contributed by atoms with Crippen LogP contribution in [0, 0.1) is 0 Å². The van der Waals surface area contributed by atoms with Gasteiger partial charge in [0, 0.05) is 31.6 Å². The van der Waals surface area contributed by atoms with Crippen molar-refractivity contribution in [1.29, 1.82) is 0 Å². The van der Waals surface area contributed by atoms with Crippen LogP contribution in [-0.2, 0) is 26.3 Å². The van der Waals surface area contributed by atoms with E-state index in [0.717, 1.165) is 30.7 Å². The Morgan fingerprint density at radius 3 is 2.68 bits per heavy atom.